The first-order chi connectivity index (χ1) is 36.1. The number of phenolic OH excluding ortho intramolecular Hbond substituents is 2. The van der Waals surface area contributed by atoms with Crippen LogP contribution in [0.4, 0.5) is 10.5 Å². The number of aromatic hydroxyl groups is 2. The van der Waals surface area contributed by atoms with Crippen molar-refractivity contribution in [2.24, 2.45) is 0 Å². The molecule has 21 heteroatoms. The molecule has 7 N–H and O–H groups in total. The number of hydrogen-bond acceptors (Lipinski definition) is 14. The summed E-state index contributed by atoms with van der Waals surface area (Å²) in [6.07, 6.45) is 2.71. The molecule has 3 atom stereocenters. The van der Waals surface area contributed by atoms with Gasteiger partial charge in [0.2, 0.25) is 0 Å². The van der Waals surface area contributed by atoms with Crippen LogP contribution >= 0.6 is 31.8 Å². The molecule has 5 aliphatic heterocycles. The van der Waals surface area contributed by atoms with E-state index in [0.717, 1.165) is 30.1 Å². The average Bonchev–Trinajstić information content (AvgIpc) is 4.16. The van der Waals surface area contributed by atoms with Crippen LogP contribution in [0.2, 0.25) is 0 Å². The average molecular weight is 1190 g/mol. The van der Waals surface area contributed by atoms with Crippen molar-refractivity contribution in [3.8, 4) is 56.4 Å². The van der Waals surface area contributed by atoms with Gasteiger partial charge < -0.3 is 10.6 Å². The van der Waals surface area contributed by atoms with Gasteiger partial charge in [-0.15, -0.1) is 0 Å². The number of nitrogens with one attached hydrogen (secondary N) is 3. The molecule has 0 saturated carbocycles. The van der Waals surface area contributed by atoms with Gasteiger partial charge in [0.15, 0.2) is 0 Å². The van der Waals surface area contributed by atoms with Crippen LogP contribution in [0.3, 0.4) is 0 Å². The minimum absolute atomic E-state index is 0.00224. The third-order valence-electron chi connectivity index (χ3n) is 13.5. The van der Waals surface area contributed by atoms with E-state index in [0.29, 0.717) is 100 Å². The second-order valence-corrected chi connectivity index (χ2v) is 32.2. The number of hydrogen-bond donors (Lipinski definition) is 7. The number of amides is 3. The van der Waals surface area contributed by atoms with Gasteiger partial charge >= 0.3 is 389 Å². The molecule has 16 nitrogen and oxygen atoms in total. The summed E-state index contributed by atoms with van der Waals surface area (Å²) >= 11 is -1.66. The van der Waals surface area contributed by atoms with Gasteiger partial charge in [-0.2, -0.15) is 11.8 Å². The van der Waals surface area contributed by atoms with E-state index in [9.17, 15) is 52.9 Å². The molecule has 3 amide bonds. The summed E-state index contributed by atoms with van der Waals surface area (Å²) in [5.74, 6) is 1.01. The van der Waals surface area contributed by atoms with Crippen LogP contribution in [0.25, 0.3) is 66.8 Å². The second kappa shape index (κ2) is 21.6. The number of urea groups is 1. The predicted octanol–water partition coefficient (Wildman–Crippen LogP) is 8.07. The fourth-order valence-corrected chi connectivity index (χ4v) is 27.0. The molecule has 3 saturated heterocycles. The van der Waals surface area contributed by atoms with Crippen molar-refractivity contribution in [1.82, 2.24) is 10.6 Å². The minimum atomic E-state index is -1.84. The number of anilines is 1. The van der Waals surface area contributed by atoms with Crippen LogP contribution in [0.1, 0.15) is 57.5 Å². The van der Waals surface area contributed by atoms with E-state index in [1.54, 1.807) is 80.6 Å². The molecule has 0 spiro atoms. The molecule has 4 aromatic carbocycles. The van der Waals surface area contributed by atoms with Crippen molar-refractivity contribution in [1.29, 1.82) is 0 Å². The molecule has 3 fully saturated rings. The maximum atomic E-state index is 13.2. The molecule has 11 rings (SSSR count). The molecule has 75 heavy (non-hydrogen) atoms. The van der Waals surface area contributed by atoms with Crippen LogP contribution in [-0.2, 0) is 8.53 Å². The number of carbonyl (C=O) groups is 4. The summed E-state index contributed by atoms with van der Waals surface area (Å²) < 4.78 is 24.9. The monoisotopic (exact) mass is 1190 g/mol. The molecular formula is C54H45As2N3O13S3. The third kappa shape index (κ3) is 9.96. The number of carboxylic acid groups (broad SMARTS) is 2. The Bertz CT molecular complexity index is 3730. The van der Waals surface area contributed by atoms with Gasteiger partial charge in [0, 0.05) is 11.0 Å². The number of rotatable bonds is 12. The van der Waals surface area contributed by atoms with E-state index in [1.165, 1.54) is 24.3 Å². The molecule has 5 heterocycles. The zero-order chi connectivity index (χ0) is 52.8. The van der Waals surface area contributed by atoms with Crippen LogP contribution in [0, 0.1) is 13.8 Å². The Kier molecular flexibility index (Phi) is 15.0. The van der Waals surface area contributed by atoms with Crippen molar-refractivity contribution in [2.45, 2.75) is 56.9 Å². The van der Waals surface area contributed by atoms with Gasteiger partial charge in [-0.25, -0.2) is 4.79 Å². The number of aromatic carboxylic acids is 2. The van der Waals surface area contributed by atoms with Crippen LogP contribution in [0.5, 0.6) is 11.5 Å². The number of unbranched alkanes of at least 4 members (excludes halogenated alkanes) is 1. The maximum absolute atomic E-state index is 13.2. The number of aryl methyl sites for hydroxylation is 2. The van der Waals surface area contributed by atoms with E-state index < -0.39 is 45.4 Å². The second-order valence-electron chi connectivity index (χ2n) is 18.1. The molecule has 2 aliphatic carbocycles. The van der Waals surface area contributed by atoms with Crippen molar-refractivity contribution in [3.63, 3.8) is 0 Å². The number of carbonyl (C=O) groups excluding carboxylic acids is 2. The van der Waals surface area contributed by atoms with E-state index in [-0.39, 0.29) is 62.2 Å². The van der Waals surface area contributed by atoms with E-state index in [4.69, 9.17) is 8.83 Å². The molecule has 0 radical (unpaired) electrons. The van der Waals surface area contributed by atoms with Gasteiger partial charge in [-0.1, -0.05) is 6.42 Å². The molecule has 7 aliphatic rings. The summed E-state index contributed by atoms with van der Waals surface area (Å²) in [6, 6.07) is 24.1. The topological polar surface area (TPSA) is 263 Å². The number of thioether (sulfide) groups is 1. The number of benzene rings is 6. The summed E-state index contributed by atoms with van der Waals surface area (Å²) in [4.78, 5) is 74.5. The Balaban J connectivity index is 0.000000195. The van der Waals surface area contributed by atoms with E-state index in [1.807, 2.05) is 31.8 Å². The molecule has 382 valence electrons. The van der Waals surface area contributed by atoms with E-state index >= 15 is 0 Å². The molecule has 0 unspecified atom stereocenters. The Morgan fingerprint density at radius 1 is 0.720 bits per heavy atom. The molecule has 0 aromatic heterocycles. The standard InChI is InChI=1S/C33H32AsN3O7S3.C21H13AsO6/c1-16-23(38)10-8-19-27(20-9-11-24(39)28(31(20)44-30(16)19)34-46-12-13-47-34)18-7-6-17(14-21(18)32(41)42)35-26(40)5-3-2-4-25-29-22(15-45-25)36-33(43)37-29;1-10-15(23)8-6-13-17(11-4-2-3-5-12(11)21(25)26)14-7-9-16(24)18(22-27)20(14)28-19(10)13/h6-11,14,22,25,29,38H,2-5,12-13,15H2,1H3,(H,35,40)(H,41,42)(H2,36,37,43);2-9,23H,1H3,(H,25,26)/t22-,25-,29-;/m0./s1. The summed E-state index contributed by atoms with van der Waals surface area (Å²) in [6.45, 7) is 3.39. The zero-order valence-corrected chi connectivity index (χ0v) is 46.1. The number of phenols is 2. The first kappa shape index (κ1) is 52.0. The Morgan fingerprint density at radius 2 is 1.32 bits per heavy atom. The summed E-state index contributed by atoms with van der Waals surface area (Å²) in [5, 5.41) is 51.0. The van der Waals surface area contributed by atoms with Crippen molar-refractivity contribution < 1.29 is 52.2 Å². The summed E-state index contributed by atoms with van der Waals surface area (Å²) in [7, 11) is 3.64. The van der Waals surface area contributed by atoms with Gasteiger partial charge in [-0.3, -0.25) is 0 Å². The Labute approximate surface area is 449 Å². The normalized spacial score (nSPS) is 17.3. The van der Waals surface area contributed by atoms with Gasteiger partial charge in [0.25, 0.3) is 0 Å². The Hall–Kier alpha value is -6.49. The quantitative estimate of drug-likeness (QED) is 0.0264. The molecular weight excluding hydrogens is 1140 g/mol. The predicted molar refractivity (Wildman–Crippen MR) is 295 cm³/mol. The first-order valence-electron chi connectivity index (χ1n) is 23.7. The van der Waals surface area contributed by atoms with Gasteiger partial charge in [0.1, 0.15) is 0 Å². The van der Waals surface area contributed by atoms with Crippen molar-refractivity contribution in [2.75, 3.05) is 22.6 Å². The van der Waals surface area contributed by atoms with Crippen molar-refractivity contribution in [3.05, 3.63) is 134 Å². The number of carboxylic acids is 2. The Morgan fingerprint density at radius 3 is 1.97 bits per heavy atom. The fraction of sp³-hybridized carbons (Fsp3) is 0.222. The van der Waals surface area contributed by atoms with E-state index in [2.05, 4.69) is 16.0 Å². The summed E-state index contributed by atoms with van der Waals surface area (Å²) in [5.41, 5.74) is 4.77. The SMILES string of the molecule is Cc1c(O)ccc2c(-c3ccc(NC(=O)CCCC[C@@H]4SC[C@@H]5NC(=O)N[C@@H]54)cc3C(=O)O)c3ccc(=O)c([As]4SCCS4)c-3oc12.Cc1c(O)ccc2c(-c3ccccc3C(=O)O)c3ccc(=O)c([As]=O)c-3oc12. The molecule has 0 bridgehead atoms. The van der Waals surface area contributed by atoms with Gasteiger partial charge in [0.05, 0.1) is 12.1 Å². The van der Waals surface area contributed by atoms with Crippen molar-refractivity contribution >= 4 is 120 Å². The number of fused-ring (bicyclic) bond motifs is 5. The van der Waals surface area contributed by atoms with Crippen LogP contribution in [-0.4, -0.2) is 107 Å². The van der Waals surface area contributed by atoms with Gasteiger partial charge in [-0.05, 0) is 6.42 Å². The fourth-order valence-electron chi connectivity index (χ4n) is 9.87. The van der Waals surface area contributed by atoms with Crippen LogP contribution < -0.4 is 35.5 Å². The zero-order valence-electron chi connectivity index (χ0n) is 39.9. The molecule has 4 aromatic rings. The van der Waals surface area contributed by atoms with Crippen LogP contribution in [0.15, 0.2) is 109 Å². The first-order valence-corrected chi connectivity index (χ1v) is 33.8. The third-order valence-corrected chi connectivity index (χ3v) is 29.9.